The molecule has 0 aliphatic heterocycles. The van der Waals surface area contributed by atoms with E-state index in [9.17, 15) is 4.79 Å². The summed E-state index contributed by atoms with van der Waals surface area (Å²) < 4.78 is 2.01. The van der Waals surface area contributed by atoms with Gasteiger partial charge in [0.1, 0.15) is 0 Å². The summed E-state index contributed by atoms with van der Waals surface area (Å²) in [7, 11) is 0. The third kappa shape index (κ3) is 4.05. The molecule has 30 heavy (non-hydrogen) atoms. The Morgan fingerprint density at radius 1 is 1.07 bits per heavy atom. The lowest BCUT2D eigenvalue weighted by Crippen LogP contribution is -2.12. The zero-order valence-corrected chi connectivity index (χ0v) is 18.3. The number of thioether (sulfide) groups is 1. The number of hydrogen-bond donors (Lipinski definition) is 1. The van der Waals surface area contributed by atoms with Gasteiger partial charge in [-0.1, -0.05) is 24.3 Å². The number of rotatable bonds is 6. The van der Waals surface area contributed by atoms with E-state index < -0.39 is 0 Å². The van der Waals surface area contributed by atoms with Crippen LogP contribution < -0.4 is 5.32 Å². The molecule has 2 aromatic carbocycles. The molecule has 0 atom stereocenters. The monoisotopic (exact) mass is 447 g/mol. The molecule has 7 heteroatoms. The van der Waals surface area contributed by atoms with Gasteiger partial charge in [0.15, 0.2) is 4.96 Å². The van der Waals surface area contributed by atoms with Crippen molar-refractivity contribution >= 4 is 51.0 Å². The highest BCUT2D eigenvalue weighted by molar-refractivity contribution is 7.98. The standard InChI is InChI=1S/C23H17N3OS3/c27-22(19-3-1-2-4-21(19)30-15-16-9-11-28-14-16)24-18-7-5-17(6-8-18)20-13-26-10-12-29-23(26)25-20/h1-14H,15H2,(H,24,27). The molecule has 0 saturated carbocycles. The minimum absolute atomic E-state index is 0.0985. The molecule has 3 heterocycles. The second-order valence-electron chi connectivity index (χ2n) is 6.67. The number of hydrogen-bond acceptors (Lipinski definition) is 5. The number of nitrogens with one attached hydrogen (secondary N) is 1. The van der Waals surface area contributed by atoms with Crippen LogP contribution in [0.15, 0.2) is 88.0 Å². The van der Waals surface area contributed by atoms with Gasteiger partial charge < -0.3 is 5.32 Å². The Morgan fingerprint density at radius 2 is 1.93 bits per heavy atom. The van der Waals surface area contributed by atoms with Crippen molar-refractivity contribution < 1.29 is 4.79 Å². The molecule has 0 saturated heterocycles. The summed E-state index contributed by atoms with van der Waals surface area (Å²) in [5.74, 6) is 0.753. The molecule has 0 radical (unpaired) electrons. The van der Waals surface area contributed by atoms with Gasteiger partial charge in [-0.2, -0.15) is 11.3 Å². The van der Waals surface area contributed by atoms with Crippen LogP contribution in [0.3, 0.4) is 0 Å². The van der Waals surface area contributed by atoms with Gasteiger partial charge in [-0.15, -0.1) is 23.1 Å². The maximum Gasteiger partial charge on any atom is 0.256 e. The summed E-state index contributed by atoms with van der Waals surface area (Å²) in [5, 5.41) is 9.25. The average molecular weight is 448 g/mol. The Kier molecular flexibility index (Phi) is 5.40. The van der Waals surface area contributed by atoms with E-state index in [0.29, 0.717) is 5.56 Å². The summed E-state index contributed by atoms with van der Waals surface area (Å²) in [4.78, 5) is 19.5. The molecule has 0 bridgehead atoms. The van der Waals surface area contributed by atoms with Crippen molar-refractivity contribution in [3.8, 4) is 11.3 Å². The predicted molar refractivity (Wildman–Crippen MR) is 127 cm³/mol. The van der Waals surface area contributed by atoms with Crippen LogP contribution in [-0.4, -0.2) is 15.3 Å². The van der Waals surface area contributed by atoms with Gasteiger partial charge in [-0.3, -0.25) is 9.20 Å². The van der Waals surface area contributed by atoms with Crippen LogP contribution in [0.1, 0.15) is 15.9 Å². The van der Waals surface area contributed by atoms with Crippen LogP contribution in [-0.2, 0) is 5.75 Å². The molecular weight excluding hydrogens is 430 g/mol. The molecule has 4 nitrogen and oxygen atoms in total. The second kappa shape index (κ2) is 8.47. The summed E-state index contributed by atoms with van der Waals surface area (Å²) in [6.07, 6.45) is 4.01. The second-order valence-corrected chi connectivity index (χ2v) is 9.34. The number of fused-ring (bicyclic) bond motifs is 1. The molecule has 5 aromatic rings. The number of benzene rings is 2. The normalized spacial score (nSPS) is 11.1. The Balaban J connectivity index is 1.30. The molecule has 0 spiro atoms. The van der Waals surface area contributed by atoms with Crippen LogP contribution in [0.25, 0.3) is 16.2 Å². The Hall–Kier alpha value is -2.87. The van der Waals surface area contributed by atoms with Crippen molar-refractivity contribution in [2.75, 3.05) is 5.32 Å². The first-order valence-corrected chi connectivity index (χ1v) is 12.1. The molecule has 0 fully saturated rings. The van der Waals surface area contributed by atoms with E-state index in [0.717, 1.165) is 32.6 Å². The van der Waals surface area contributed by atoms with Crippen LogP contribution in [0.5, 0.6) is 0 Å². The number of aromatic nitrogens is 2. The molecule has 148 valence electrons. The minimum atomic E-state index is -0.0985. The number of amides is 1. The highest BCUT2D eigenvalue weighted by Gasteiger charge is 2.12. The first-order valence-electron chi connectivity index (χ1n) is 9.33. The lowest BCUT2D eigenvalue weighted by molar-refractivity contribution is 0.102. The molecular formula is C23H17N3OS3. The highest BCUT2D eigenvalue weighted by atomic mass is 32.2. The fourth-order valence-electron chi connectivity index (χ4n) is 3.11. The largest absolute Gasteiger partial charge is 0.322 e. The van der Waals surface area contributed by atoms with Gasteiger partial charge in [0.05, 0.1) is 11.3 Å². The van der Waals surface area contributed by atoms with Gasteiger partial charge in [0.2, 0.25) is 0 Å². The number of nitrogens with zero attached hydrogens (tertiary/aromatic N) is 2. The minimum Gasteiger partial charge on any atom is -0.322 e. The number of imidazole rings is 1. The van der Waals surface area contributed by atoms with Crippen molar-refractivity contribution in [2.45, 2.75) is 10.6 Å². The number of thiazole rings is 1. The van der Waals surface area contributed by atoms with E-state index in [1.807, 2.05) is 70.7 Å². The lowest BCUT2D eigenvalue weighted by Gasteiger charge is -2.10. The number of anilines is 1. The van der Waals surface area contributed by atoms with Gasteiger partial charge >= 0.3 is 0 Å². The topological polar surface area (TPSA) is 46.4 Å². The fraction of sp³-hybridized carbons (Fsp3) is 0.0435. The van der Waals surface area contributed by atoms with Crippen molar-refractivity contribution in [1.82, 2.24) is 9.38 Å². The zero-order chi connectivity index (χ0) is 20.3. The summed E-state index contributed by atoms with van der Waals surface area (Å²) in [6, 6.07) is 17.7. The summed E-state index contributed by atoms with van der Waals surface area (Å²) in [6.45, 7) is 0. The molecule has 0 unspecified atom stereocenters. The van der Waals surface area contributed by atoms with E-state index in [-0.39, 0.29) is 5.91 Å². The molecule has 0 aliphatic carbocycles. The lowest BCUT2D eigenvalue weighted by atomic mass is 10.1. The summed E-state index contributed by atoms with van der Waals surface area (Å²) >= 11 is 4.98. The zero-order valence-electron chi connectivity index (χ0n) is 15.8. The van der Waals surface area contributed by atoms with Gasteiger partial charge in [0.25, 0.3) is 5.91 Å². The fourth-order valence-corrected chi connectivity index (χ4v) is 5.57. The van der Waals surface area contributed by atoms with Gasteiger partial charge in [-0.25, -0.2) is 4.98 Å². The molecule has 5 rings (SSSR count). The number of thiophene rings is 1. The molecule has 1 N–H and O–H groups in total. The molecule has 1 amide bonds. The quantitative estimate of drug-likeness (QED) is 0.296. The maximum absolute atomic E-state index is 12.9. The van der Waals surface area contributed by atoms with Crippen LogP contribution in [0.4, 0.5) is 5.69 Å². The van der Waals surface area contributed by atoms with E-state index >= 15 is 0 Å². The first-order chi connectivity index (χ1) is 14.8. The average Bonchev–Trinajstić information content (AvgIpc) is 3.51. The molecule has 0 aliphatic rings. The van der Waals surface area contributed by atoms with Crippen molar-refractivity contribution in [3.63, 3.8) is 0 Å². The van der Waals surface area contributed by atoms with Crippen molar-refractivity contribution in [1.29, 1.82) is 0 Å². The Morgan fingerprint density at radius 3 is 2.73 bits per heavy atom. The molecule has 3 aromatic heterocycles. The van der Waals surface area contributed by atoms with Crippen molar-refractivity contribution in [3.05, 3.63) is 94.3 Å². The van der Waals surface area contributed by atoms with Gasteiger partial charge in [0, 0.05) is 39.7 Å². The van der Waals surface area contributed by atoms with Crippen LogP contribution >= 0.6 is 34.4 Å². The SMILES string of the molecule is O=C(Nc1ccc(-c2cn3ccsc3n2)cc1)c1ccccc1SCc1ccsc1. The van der Waals surface area contributed by atoms with E-state index in [1.165, 1.54) is 5.56 Å². The summed E-state index contributed by atoms with van der Waals surface area (Å²) in [5.41, 5.74) is 4.68. The number of carbonyl (C=O) groups is 1. The van der Waals surface area contributed by atoms with E-state index in [2.05, 4.69) is 27.1 Å². The number of carbonyl (C=O) groups excluding carboxylic acids is 1. The van der Waals surface area contributed by atoms with Crippen molar-refractivity contribution in [2.24, 2.45) is 0 Å². The highest BCUT2D eigenvalue weighted by Crippen LogP contribution is 2.28. The van der Waals surface area contributed by atoms with E-state index in [1.54, 1.807) is 34.4 Å². The van der Waals surface area contributed by atoms with E-state index in [4.69, 9.17) is 0 Å². The maximum atomic E-state index is 12.9. The third-order valence-corrected chi connectivity index (χ3v) is 7.29. The van der Waals surface area contributed by atoms with Crippen LogP contribution in [0, 0.1) is 0 Å². The Bertz CT molecular complexity index is 1260. The third-order valence-electron chi connectivity index (χ3n) is 4.64. The smallest absolute Gasteiger partial charge is 0.256 e. The van der Waals surface area contributed by atoms with Gasteiger partial charge in [-0.05, 0) is 46.7 Å². The first kappa shape index (κ1) is 19.1. The predicted octanol–water partition coefficient (Wildman–Crippen LogP) is 6.67. The Labute approximate surface area is 186 Å². The van der Waals surface area contributed by atoms with Crippen LogP contribution in [0.2, 0.25) is 0 Å².